The van der Waals surface area contributed by atoms with E-state index in [-0.39, 0.29) is 31.9 Å². The third kappa shape index (κ3) is 4.96. The van der Waals surface area contributed by atoms with Crippen LogP contribution in [0.3, 0.4) is 0 Å². The van der Waals surface area contributed by atoms with E-state index in [9.17, 15) is 9.59 Å². The Balaban J connectivity index is 5.33. The number of hydrogen-bond donors (Lipinski definition) is 0. The molecule has 0 fully saturated rings. The van der Waals surface area contributed by atoms with E-state index in [4.69, 9.17) is 27.5 Å². The lowest BCUT2D eigenvalue weighted by molar-refractivity contribution is -0.171. The molecule has 5 heteroatoms. The van der Waals surface area contributed by atoms with Gasteiger partial charge in [-0.15, -0.1) is 23.9 Å². The van der Waals surface area contributed by atoms with Crippen LogP contribution in [0.25, 0.3) is 0 Å². The van der Waals surface area contributed by atoms with Gasteiger partial charge in [-0.25, -0.2) is 0 Å². The first-order chi connectivity index (χ1) is 9.08. The minimum atomic E-state index is -1.48. The van der Waals surface area contributed by atoms with Gasteiger partial charge in [-0.2, -0.15) is 0 Å². The molecule has 0 N–H and O–H groups in total. The average molecular weight is 287 g/mol. The zero-order valence-corrected chi connectivity index (χ0v) is 12.0. The Kier molecular flexibility index (Phi) is 8.73. The lowest BCUT2D eigenvalue weighted by Gasteiger charge is -2.26. The molecule has 0 atom stereocenters. The third-order valence-corrected chi connectivity index (χ3v) is 2.64. The van der Waals surface area contributed by atoms with Crippen LogP contribution in [-0.2, 0) is 19.1 Å². The SMILES string of the molecule is C#CCC(C/C=C/CCl)(C(=O)OCC)C(=O)OCC. The number of terminal acetylenes is 1. The van der Waals surface area contributed by atoms with Crippen molar-refractivity contribution in [2.45, 2.75) is 26.7 Å². The number of alkyl halides is 1. The normalized spacial score (nSPS) is 11.1. The first kappa shape index (κ1) is 17.5. The van der Waals surface area contributed by atoms with Crippen LogP contribution < -0.4 is 0 Å². The van der Waals surface area contributed by atoms with Crippen LogP contribution in [0, 0.1) is 17.8 Å². The van der Waals surface area contributed by atoms with Crippen LogP contribution in [-0.4, -0.2) is 31.0 Å². The Hall–Kier alpha value is -1.47. The van der Waals surface area contributed by atoms with E-state index in [1.54, 1.807) is 26.0 Å². The second kappa shape index (κ2) is 9.46. The number of rotatable bonds is 8. The predicted molar refractivity (Wildman–Crippen MR) is 73.6 cm³/mol. The molecule has 0 aliphatic carbocycles. The number of esters is 2. The molecule has 0 aliphatic heterocycles. The summed E-state index contributed by atoms with van der Waals surface area (Å²) in [4.78, 5) is 24.2. The third-order valence-electron chi connectivity index (χ3n) is 2.46. The maximum absolute atomic E-state index is 12.1. The highest BCUT2D eigenvalue weighted by Gasteiger charge is 2.47. The Morgan fingerprint density at radius 1 is 1.21 bits per heavy atom. The Morgan fingerprint density at radius 2 is 1.74 bits per heavy atom. The van der Waals surface area contributed by atoms with Crippen LogP contribution in [0.1, 0.15) is 26.7 Å². The fourth-order valence-electron chi connectivity index (χ4n) is 1.53. The molecule has 4 nitrogen and oxygen atoms in total. The van der Waals surface area contributed by atoms with E-state index in [2.05, 4.69) is 5.92 Å². The molecule has 106 valence electrons. The summed E-state index contributed by atoms with van der Waals surface area (Å²) in [7, 11) is 0. The highest BCUT2D eigenvalue weighted by atomic mass is 35.5. The van der Waals surface area contributed by atoms with Crippen molar-refractivity contribution in [1.29, 1.82) is 0 Å². The molecule has 0 saturated heterocycles. The Bertz CT molecular complexity index is 350. The topological polar surface area (TPSA) is 52.6 Å². The second-order valence-electron chi connectivity index (χ2n) is 3.73. The van der Waals surface area contributed by atoms with E-state index in [0.717, 1.165) is 0 Å². The van der Waals surface area contributed by atoms with Gasteiger partial charge in [0.1, 0.15) is 0 Å². The molecule has 0 aromatic carbocycles. The molecule has 0 rings (SSSR count). The van der Waals surface area contributed by atoms with Gasteiger partial charge in [-0.1, -0.05) is 12.2 Å². The first-order valence-corrected chi connectivity index (χ1v) is 6.61. The van der Waals surface area contributed by atoms with Gasteiger partial charge in [0.05, 0.1) is 13.2 Å². The summed E-state index contributed by atoms with van der Waals surface area (Å²) in [5.41, 5.74) is -1.48. The van der Waals surface area contributed by atoms with Gasteiger partial charge in [0.2, 0.25) is 0 Å². The first-order valence-electron chi connectivity index (χ1n) is 6.07. The van der Waals surface area contributed by atoms with Crippen molar-refractivity contribution in [3.63, 3.8) is 0 Å². The molecule has 19 heavy (non-hydrogen) atoms. The molecule has 0 bridgehead atoms. The molecule has 0 amide bonds. The lowest BCUT2D eigenvalue weighted by atomic mass is 9.81. The maximum Gasteiger partial charge on any atom is 0.324 e. The predicted octanol–water partition coefficient (Wildman–Crippen LogP) is 2.31. The van der Waals surface area contributed by atoms with Crippen LogP contribution in [0.15, 0.2) is 12.2 Å². The monoisotopic (exact) mass is 286 g/mol. The summed E-state index contributed by atoms with van der Waals surface area (Å²) in [6.45, 7) is 3.67. The minimum Gasteiger partial charge on any atom is -0.465 e. The van der Waals surface area contributed by atoms with Crippen molar-refractivity contribution >= 4 is 23.5 Å². The van der Waals surface area contributed by atoms with Gasteiger partial charge in [0.15, 0.2) is 5.41 Å². The fourth-order valence-corrected chi connectivity index (χ4v) is 1.65. The van der Waals surface area contributed by atoms with Crippen molar-refractivity contribution in [1.82, 2.24) is 0 Å². The fraction of sp³-hybridized carbons (Fsp3) is 0.571. The molecule has 0 aromatic rings. The van der Waals surface area contributed by atoms with Gasteiger partial charge >= 0.3 is 11.9 Å². The van der Waals surface area contributed by atoms with Crippen molar-refractivity contribution in [3.8, 4) is 12.3 Å². The second-order valence-corrected chi connectivity index (χ2v) is 4.04. The van der Waals surface area contributed by atoms with Gasteiger partial charge in [0.25, 0.3) is 0 Å². The summed E-state index contributed by atoms with van der Waals surface area (Å²) < 4.78 is 9.91. The molecule has 0 saturated carbocycles. The van der Waals surface area contributed by atoms with Gasteiger partial charge < -0.3 is 9.47 Å². The summed E-state index contributed by atoms with van der Waals surface area (Å²) in [5, 5.41) is 0. The van der Waals surface area contributed by atoms with E-state index >= 15 is 0 Å². The summed E-state index contributed by atoms with van der Waals surface area (Å²) in [6, 6.07) is 0. The smallest absolute Gasteiger partial charge is 0.324 e. The minimum absolute atomic E-state index is 0.0721. The van der Waals surface area contributed by atoms with Crippen molar-refractivity contribution in [2.24, 2.45) is 5.41 Å². The number of hydrogen-bond acceptors (Lipinski definition) is 4. The molecule has 0 aliphatic rings. The molecular formula is C14H19ClO4. The number of halogens is 1. The van der Waals surface area contributed by atoms with Crippen LogP contribution in [0.4, 0.5) is 0 Å². The molecule has 0 heterocycles. The Morgan fingerprint density at radius 3 is 2.11 bits per heavy atom. The number of carbonyl (C=O) groups excluding carboxylic acids is 2. The van der Waals surface area contributed by atoms with E-state index in [1.807, 2.05) is 0 Å². The van der Waals surface area contributed by atoms with Crippen LogP contribution in [0.5, 0.6) is 0 Å². The van der Waals surface area contributed by atoms with Crippen LogP contribution >= 0.6 is 11.6 Å². The number of allylic oxidation sites excluding steroid dienone is 2. The molecule has 0 aromatic heterocycles. The highest BCUT2D eigenvalue weighted by molar-refractivity contribution is 6.18. The number of ether oxygens (including phenoxy) is 2. The van der Waals surface area contributed by atoms with Gasteiger partial charge in [0, 0.05) is 12.3 Å². The Labute approximate surface area is 119 Å². The standard InChI is InChI=1S/C14H19ClO4/c1-4-9-14(10-7-8-11-15,12(16)18-5-2)13(17)19-6-3/h1,7-8H,5-6,9-11H2,2-3H3/b8-7+. The van der Waals surface area contributed by atoms with Gasteiger partial charge in [-0.3, -0.25) is 9.59 Å². The maximum atomic E-state index is 12.1. The lowest BCUT2D eigenvalue weighted by Crippen LogP contribution is -2.41. The van der Waals surface area contributed by atoms with Crippen molar-refractivity contribution in [3.05, 3.63) is 12.2 Å². The summed E-state index contributed by atoms with van der Waals surface area (Å²) in [6.07, 6.45) is 8.59. The van der Waals surface area contributed by atoms with Gasteiger partial charge in [-0.05, 0) is 20.3 Å². The highest BCUT2D eigenvalue weighted by Crippen LogP contribution is 2.31. The zero-order chi connectivity index (χ0) is 14.7. The zero-order valence-electron chi connectivity index (χ0n) is 11.3. The van der Waals surface area contributed by atoms with Crippen molar-refractivity contribution < 1.29 is 19.1 Å². The molecule has 0 unspecified atom stereocenters. The largest absolute Gasteiger partial charge is 0.465 e. The van der Waals surface area contributed by atoms with E-state index < -0.39 is 17.4 Å². The molecule has 0 spiro atoms. The summed E-state index contributed by atoms with van der Waals surface area (Å²) >= 11 is 5.53. The van der Waals surface area contributed by atoms with E-state index in [0.29, 0.717) is 0 Å². The van der Waals surface area contributed by atoms with E-state index in [1.165, 1.54) is 0 Å². The number of carbonyl (C=O) groups is 2. The molecule has 0 radical (unpaired) electrons. The van der Waals surface area contributed by atoms with Crippen molar-refractivity contribution in [2.75, 3.05) is 19.1 Å². The quantitative estimate of drug-likeness (QED) is 0.226. The molecular weight excluding hydrogens is 268 g/mol. The average Bonchev–Trinajstić information content (AvgIpc) is 2.38. The van der Waals surface area contributed by atoms with Crippen LogP contribution in [0.2, 0.25) is 0 Å². The summed E-state index contributed by atoms with van der Waals surface area (Å²) in [5.74, 6) is 1.31.